The number of hydrogen-bond donors (Lipinski definition) is 1. The van der Waals surface area contributed by atoms with Gasteiger partial charge in [0.15, 0.2) is 5.16 Å². The minimum Gasteiger partial charge on any atom is -0.375 e. The Balaban J connectivity index is 2.08. The Morgan fingerprint density at radius 2 is 2.10 bits per heavy atom. The molecule has 0 fully saturated rings. The number of nitrogens with zero attached hydrogens (tertiary/aromatic N) is 2. The zero-order chi connectivity index (χ0) is 14.4. The maximum atomic E-state index is 11.5. The molecular formula is C14H15N3O2S. The molecule has 104 valence electrons. The minimum atomic E-state index is -0.164. The highest BCUT2D eigenvalue weighted by atomic mass is 32.2. The van der Waals surface area contributed by atoms with Gasteiger partial charge in [-0.1, -0.05) is 0 Å². The second kappa shape index (κ2) is 7.02. The SMILES string of the molecule is COCC(=O)Nc1ccc(Sc2ncccn2)cc1C. The molecule has 2 aromatic rings. The van der Waals surface area contributed by atoms with Gasteiger partial charge < -0.3 is 10.1 Å². The van der Waals surface area contributed by atoms with E-state index < -0.39 is 0 Å². The van der Waals surface area contributed by atoms with Gasteiger partial charge >= 0.3 is 0 Å². The van der Waals surface area contributed by atoms with Crippen LogP contribution in [-0.4, -0.2) is 29.6 Å². The Morgan fingerprint density at radius 1 is 1.35 bits per heavy atom. The van der Waals surface area contributed by atoms with E-state index >= 15 is 0 Å². The lowest BCUT2D eigenvalue weighted by Crippen LogP contribution is -2.17. The van der Waals surface area contributed by atoms with E-state index in [1.54, 1.807) is 18.5 Å². The van der Waals surface area contributed by atoms with E-state index in [1.165, 1.54) is 18.9 Å². The van der Waals surface area contributed by atoms with E-state index in [9.17, 15) is 4.79 Å². The van der Waals surface area contributed by atoms with Gasteiger partial charge in [-0.05, 0) is 48.5 Å². The second-order valence-electron chi connectivity index (χ2n) is 4.09. The van der Waals surface area contributed by atoms with Crippen LogP contribution in [-0.2, 0) is 9.53 Å². The molecule has 0 aliphatic heterocycles. The number of aryl methyl sites for hydroxylation is 1. The molecule has 0 aliphatic rings. The fourth-order valence-corrected chi connectivity index (χ4v) is 2.41. The van der Waals surface area contributed by atoms with E-state index in [0.29, 0.717) is 5.16 Å². The van der Waals surface area contributed by atoms with Crippen LogP contribution >= 0.6 is 11.8 Å². The van der Waals surface area contributed by atoms with Gasteiger partial charge in [0.1, 0.15) is 6.61 Å². The number of carbonyl (C=O) groups excluding carboxylic acids is 1. The highest BCUT2D eigenvalue weighted by Crippen LogP contribution is 2.27. The fourth-order valence-electron chi connectivity index (χ4n) is 1.60. The lowest BCUT2D eigenvalue weighted by Gasteiger charge is -2.09. The van der Waals surface area contributed by atoms with Crippen molar-refractivity contribution in [3.05, 3.63) is 42.2 Å². The van der Waals surface area contributed by atoms with Crippen LogP contribution in [0.25, 0.3) is 0 Å². The highest BCUT2D eigenvalue weighted by Gasteiger charge is 2.06. The number of methoxy groups -OCH3 is 1. The van der Waals surface area contributed by atoms with Crippen molar-refractivity contribution in [1.29, 1.82) is 0 Å². The summed E-state index contributed by atoms with van der Waals surface area (Å²) in [6.45, 7) is 1.99. The monoisotopic (exact) mass is 289 g/mol. The van der Waals surface area contributed by atoms with Crippen molar-refractivity contribution in [2.45, 2.75) is 17.0 Å². The third-order valence-corrected chi connectivity index (χ3v) is 3.38. The number of anilines is 1. The van der Waals surface area contributed by atoms with Crippen molar-refractivity contribution >= 4 is 23.4 Å². The first-order valence-corrected chi connectivity index (χ1v) is 6.85. The van der Waals surface area contributed by atoms with Gasteiger partial charge in [0, 0.05) is 30.1 Å². The maximum absolute atomic E-state index is 11.5. The zero-order valence-corrected chi connectivity index (χ0v) is 12.1. The van der Waals surface area contributed by atoms with Crippen LogP contribution in [0.1, 0.15) is 5.56 Å². The van der Waals surface area contributed by atoms with Gasteiger partial charge in [0.2, 0.25) is 5.91 Å². The average Bonchev–Trinajstić information content (AvgIpc) is 2.43. The Morgan fingerprint density at radius 3 is 2.75 bits per heavy atom. The summed E-state index contributed by atoms with van der Waals surface area (Å²) in [7, 11) is 1.49. The molecule has 0 spiro atoms. The van der Waals surface area contributed by atoms with Gasteiger partial charge in [-0.25, -0.2) is 9.97 Å². The third-order valence-electron chi connectivity index (χ3n) is 2.50. The molecule has 0 saturated heterocycles. The molecule has 2 rings (SSSR count). The van der Waals surface area contributed by atoms with Crippen molar-refractivity contribution in [3.63, 3.8) is 0 Å². The van der Waals surface area contributed by atoms with Crippen LogP contribution in [0.5, 0.6) is 0 Å². The average molecular weight is 289 g/mol. The molecule has 6 heteroatoms. The Bertz CT molecular complexity index is 590. The maximum Gasteiger partial charge on any atom is 0.250 e. The largest absolute Gasteiger partial charge is 0.375 e. The molecule has 1 amide bonds. The van der Waals surface area contributed by atoms with Crippen molar-refractivity contribution in [2.24, 2.45) is 0 Å². The second-order valence-corrected chi connectivity index (χ2v) is 5.13. The van der Waals surface area contributed by atoms with Crippen molar-refractivity contribution < 1.29 is 9.53 Å². The summed E-state index contributed by atoms with van der Waals surface area (Å²) in [5, 5.41) is 3.50. The molecule has 0 unspecified atom stereocenters. The Labute approximate surface area is 121 Å². The number of aromatic nitrogens is 2. The first-order valence-electron chi connectivity index (χ1n) is 6.03. The highest BCUT2D eigenvalue weighted by molar-refractivity contribution is 7.99. The number of hydrogen-bond acceptors (Lipinski definition) is 5. The van der Waals surface area contributed by atoms with Crippen LogP contribution < -0.4 is 5.32 Å². The van der Waals surface area contributed by atoms with Crippen LogP contribution in [0.3, 0.4) is 0 Å². The summed E-state index contributed by atoms with van der Waals surface area (Å²) in [4.78, 5) is 20.8. The first-order chi connectivity index (χ1) is 9.69. The molecule has 1 heterocycles. The van der Waals surface area contributed by atoms with Crippen LogP contribution in [0, 0.1) is 6.92 Å². The van der Waals surface area contributed by atoms with Crippen LogP contribution in [0.4, 0.5) is 5.69 Å². The number of carbonyl (C=O) groups is 1. The standard InChI is InChI=1S/C14H15N3O2S/c1-10-8-11(20-14-15-6-3-7-16-14)4-5-12(10)17-13(18)9-19-2/h3-8H,9H2,1-2H3,(H,17,18). The molecule has 0 atom stereocenters. The van der Waals surface area contributed by atoms with E-state index in [0.717, 1.165) is 16.1 Å². The van der Waals surface area contributed by atoms with Gasteiger partial charge in [-0.15, -0.1) is 0 Å². The van der Waals surface area contributed by atoms with Crippen molar-refractivity contribution in [1.82, 2.24) is 9.97 Å². The number of benzene rings is 1. The molecule has 0 saturated carbocycles. The summed E-state index contributed by atoms with van der Waals surface area (Å²) < 4.78 is 4.79. The number of rotatable bonds is 5. The van der Waals surface area contributed by atoms with E-state index in [4.69, 9.17) is 4.74 Å². The smallest absolute Gasteiger partial charge is 0.250 e. The third kappa shape index (κ3) is 4.04. The van der Waals surface area contributed by atoms with Crippen LogP contribution in [0.15, 0.2) is 46.7 Å². The normalized spacial score (nSPS) is 10.3. The molecule has 1 N–H and O–H groups in total. The summed E-state index contributed by atoms with van der Waals surface area (Å²) in [5.41, 5.74) is 1.76. The molecule has 0 aliphatic carbocycles. The quantitative estimate of drug-likeness (QED) is 0.857. The summed E-state index contributed by atoms with van der Waals surface area (Å²) in [6, 6.07) is 7.57. The predicted octanol–water partition coefficient (Wildman–Crippen LogP) is 2.52. The molecule has 5 nitrogen and oxygen atoms in total. The Kier molecular flexibility index (Phi) is 5.09. The molecule has 1 aromatic heterocycles. The zero-order valence-electron chi connectivity index (χ0n) is 11.3. The summed E-state index contributed by atoms with van der Waals surface area (Å²) >= 11 is 1.48. The molecule has 0 radical (unpaired) electrons. The van der Waals surface area contributed by atoms with E-state index in [-0.39, 0.29) is 12.5 Å². The van der Waals surface area contributed by atoms with Gasteiger partial charge in [-0.2, -0.15) is 0 Å². The fraction of sp³-hybridized carbons (Fsp3) is 0.214. The predicted molar refractivity (Wildman–Crippen MR) is 77.8 cm³/mol. The number of nitrogens with one attached hydrogen (secondary N) is 1. The first kappa shape index (κ1) is 14.5. The van der Waals surface area contributed by atoms with E-state index in [1.807, 2.05) is 25.1 Å². The molecule has 20 heavy (non-hydrogen) atoms. The van der Waals surface area contributed by atoms with E-state index in [2.05, 4.69) is 15.3 Å². The van der Waals surface area contributed by atoms with Gasteiger partial charge in [0.05, 0.1) is 0 Å². The topological polar surface area (TPSA) is 64.1 Å². The summed E-state index contributed by atoms with van der Waals surface area (Å²) in [5.74, 6) is -0.164. The molecular weight excluding hydrogens is 274 g/mol. The van der Waals surface area contributed by atoms with Gasteiger partial charge in [0.25, 0.3) is 0 Å². The number of ether oxygens (including phenoxy) is 1. The lowest BCUT2D eigenvalue weighted by molar-refractivity contribution is -0.119. The summed E-state index contributed by atoms with van der Waals surface area (Å²) in [6.07, 6.45) is 3.42. The van der Waals surface area contributed by atoms with Crippen LogP contribution in [0.2, 0.25) is 0 Å². The molecule has 0 bridgehead atoms. The van der Waals surface area contributed by atoms with Gasteiger partial charge in [-0.3, -0.25) is 4.79 Å². The minimum absolute atomic E-state index is 0.0494. The van der Waals surface area contributed by atoms with Crippen molar-refractivity contribution in [2.75, 3.05) is 19.0 Å². The number of amides is 1. The Hall–Kier alpha value is -1.92. The molecule has 1 aromatic carbocycles. The lowest BCUT2D eigenvalue weighted by atomic mass is 10.2. The van der Waals surface area contributed by atoms with Crippen molar-refractivity contribution in [3.8, 4) is 0 Å².